The van der Waals surface area contributed by atoms with Gasteiger partial charge in [-0.15, -0.1) is 0 Å². The Hall–Kier alpha value is -2.95. The van der Waals surface area contributed by atoms with Crippen molar-refractivity contribution in [2.24, 2.45) is 5.73 Å². The summed E-state index contributed by atoms with van der Waals surface area (Å²) in [5, 5.41) is 16.1. The van der Waals surface area contributed by atoms with Crippen LogP contribution in [-0.2, 0) is 25.6 Å². The molecular formula is C15H24N6O5. The van der Waals surface area contributed by atoms with Gasteiger partial charge < -0.3 is 31.8 Å². The zero-order valence-electron chi connectivity index (χ0n) is 14.8. The van der Waals surface area contributed by atoms with Gasteiger partial charge in [0, 0.05) is 18.3 Å². The van der Waals surface area contributed by atoms with Crippen LogP contribution in [0.4, 0.5) is 0 Å². The van der Waals surface area contributed by atoms with Crippen LogP contribution in [0.1, 0.15) is 26.5 Å². The number of nitrogens with one attached hydrogen (secondary N) is 4. The number of nitrogens with zero attached hydrogens (tertiary/aromatic N) is 1. The number of amides is 3. The van der Waals surface area contributed by atoms with Crippen molar-refractivity contribution in [1.29, 1.82) is 0 Å². The second-order valence-electron chi connectivity index (χ2n) is 5.93. The number of carboxylic acid groups (broad SMARTS) is 1. The average molecular weight is 368 g/mol. The van der Waals surface area contributed by atoms with E-state index in [1.54, 1.807) is 0 Å². The second kappa shape index (κ2) is 9.51. The molecule has 3 amide bonds. The zero-order chi connectivity index (χ0) is 19.9. The first-order chi connectivity index (χ1) is 12.1. The number of hydrogen-bond donors (Lipinski definition) is 6. The molecule has 0 fully saturated rings. The Morgan fingerprint density at radius 2 is 1.69 bits per heavy atom. The topological polar surface area (TPSA) is 179 Å². The average Bonchev–Trinajstić information content (AvgIpc) is 3.06. The minimum atomic E-state index is -1.21. The highest BCUT2D eigenvalue weighted by Crippen LogP contribution is 2.01. The second-order valence-corrected chi connectivity index (χ2v) is 5.93. The number of nitrogens with two attached hydrogens (primary N) is 1. The number of carboxylic acids is 1. The van der Waals surface area contributed by atoms with Crippen LogP contribution < -0.4 is 21.7 Å². The summed E-state index contributed by atoms with van der Waals surface area (Å²) in [7, 11) is 0. The van der Waals surface area contributed by atoms with Crippen molar-refractivity contribution in [2.45, 2.75) is 51.4 Å². The number of hydrogen-bond acceptors (Lipinski definition) is 6. The largest absolute Gasteiger partial charge is 0.480 e. The Morgan fingerprint density at radius 1 is 1.08 bits per heavy atom. The normalized spacial score (nSPS) is 15.2. The molecule has 0 aliphatic rings. The van der Waals surface area contributed by atoms with Crippen molar-refractivity contribution in [3.8, 4) is 0 Å². The van der Waals surface area contributed by atoms with E-state index in [0.717, 1.165) is 0 Å². The van der Waals surface area contributed by atoms with E-state index in [0.29, 0.717) is 5.69 Å². The maximum atomic E-state index is 12.3. The monoisotopic (exact) mass is 368 g/mol. The Labute approximate surface area is 150 Å². The molecule has 11 heteroatoms. The van der Waals surface area contributed by atoms with E-state index in [1.807, 2.05) is 0 Å². The van der Waals surface area contributed by atoms with E-state index in [9.17, 15) is 19.2 Å². The first kappa shape index (κ1) is 21.1. The molecule has 7 N–H and O–H groups in total. The van der Waals surface area contributed by atoms with Gasteiger partial charge in [-0.25, -0.2) is 4.98 Å². The standard InChI is InChI=1S/C15H24N6O5/c1-7(16)12(22)19-8(2)13(23)21-11(4-10-5-17-6-18-10)14(24)20-9(3)15(25)26/h5-9,11H,4,16H2,1-3H3,(H,17,18)(H,19,22)(H,20,24)(H,21,23)(H,25,26). The lowest BCUT2D eigenvalue weighted by atomic mass is 10.1. The molecule has 1 rings (SSSR count). The van der Waals surface area contributed by atoms with Gasteiger partial charge in [0.1, 0.15) is 18.1 Å². The molecule has 11 nitrogen and oxygen atoms in total. The predicted molar refractivity (Wildman–Crippen MR) is 90.7 cm³/mol. The molecule has 4 unspecified atom stereocenters. The van der Waals surface area contributed by atoms with E-state index in [1.165, 1.54) is 33.3 Å². The minimum Gasteiger partial charge on any atom is -0.480 e. The highest BCUT2D eigenvalue weighted by Gasteiger charge is 2.27. The Bertz CT molecular complexity index is 645. The van der Waals surface area contributed by atoms with Gasteiger partial charge >= 0.3 is 5.97 Å². The maximum absolute atomic E-state index is 12.3. The van der Waals surface area contributed by atoms with Crippen molar-refractivity contribution in [1.82, 2.24) is 25.9 Å². The quantitative estimate of drug-likeness (QED) is 0.288. The lowest BCUT2D eigenvalue weighted by Crippen LogP contribution is -2.56. The van der Waals surface area contributed by atoms with Gasteiger partial charge in [0.05, 0.1) is 12.4 Å². The molecule has 0 aromatic carbocycles. The van der Waals surface area contributed by atoms with Crippen molar-refractivity contribution in [3.63, 3.8) is 0 Å². The fourth-order valence-corrected chi connectivity index (χ4v) is 1.91. The molecule has 1 aromatic heterocycles. The Kier molecular flexibility index (Phi) is 7.72. The third-order valence-electron chi connectivity index (χ3n) is 3.51. The number of imidazole rings is 1. The van der Waals surface area contributed by atoms with Gasteiger partial charge in [-0.2, -0.15) is 0 Å². The molecule has 0 aliphatic carbocycles. The number of rotatable bonds is 9. The number of aromatic nitrogens is 2. The van der Waals surface area contributed by atoms with E-state index in [-0.39, 0.29) is 6.42 Å². The van der Waals surface area contributed by atoms with Gasteiger partial charge in [-0.1, -0.05) is 0 Å². The number of carbonyl (C=O) groups excluding carboxylic acids is 3. The van der Waals surface area contributed by atoms with Crippen LogP contribution in [0, 0.1) is 0 Å². The summed E-state index contributed by atoms with van der Waals surface area (Å²) < 4.78 is 0. The van der Waals surface area contributed by atoms with Gasteiger partial charge in [-0.3, -0.25) is 19.2 Å². The lowest BCUT2D eigenvalue weighted by molar-refractivity contribution is -0.141. The third kappa shape index (κ3) is 6.51. The van der Waals surface area contributed by atoms with Gasteiger partial charge in [0.2, 0.25) is 17.7 Å². The summed E-state index contributed by atoms with van der Waals surface area (Å²) in [6, 6.07) is -3.90. The minimum absolute atomic E-state index is 0.0673. The maximum Gasteiger partial charge on any atom is 0.325 e. The van der Waals surface area contributed by atoms with Gasteiger partial charge in [-0.05, 0) is 20.8 Å². The summed E-state index contributed by atoms with van der Waals surface area (Å²) in [5.74, 6) is -3.00. The molecule has 0 saturated heterocycles. The van der Waals surface area contributed by atoms with E-state index >= 15 is 0 Å². The molecule has 4 atom stereocenters. The molecule has 0 aliphatic heterocycles. The molecule has 0 radical (unpaired) electrons. The van der Waals surface area contributed by atoms with Crippen LogP contribution >= 0.6 is 0 Å². The van der Waals surface area contributed by atoms with Gasteiger partial charge in [0.15, 0.2) is 0 Å². The molecule has 0 bridgehead atoms. The molecule has 1 heterocycles. The van der Waals surface area contributed by atoms with Crippen LogP contribution in [0.15, 0.2) is 12.5 Å². The molecule has 0 spiro atoms. The van der Waals surface area contributed by atoms with Gasteiger partial charge in [0.25, 0.3) is 0 Å². The van der Waals surface area contributed by atoms with Crippen LogP contribution in [0.3, 0.4) is 0 Å². The van der Waals surface area contributed by atoms with Crippen molar-refractivity contribution < 1.29 is 24.3 Å². The highest BCUT2D eigenvalue weighted by molar-refractivity contribution is 5.93. The molecule has 144 valence electrons. The summed E-state index contributed by atoms with van der Waals surface area (Å²) in [6.07, 6.45) is 2.96. The van der Waals surface area contributed by atoms with E-state index in [4.69, 9.17) is 10.8 Å². The summed E-state index contributed by atoms with van der Waals surface area (Å²) in [4.78, 5) is 53.7. The highest BCUT2D eigenvalue weighted by atomic mass is 16.4. The van der Waals surface area contributed by atoms with E-state index < -0.39 is 47.9 Å². The number of carbonyl (C=O) groups is 4. The van der Waals surface area contributed by atoms with Crippen LogP contribution in [-0.4, -0.2) is 62.9 Å². The summed E-state index contributed by atoms with van der Waals surface area (Å²) in [5.41, 5.74) is 6.00. The van der Waals surface area contributed by atoms with Crippen LogP contribution in [0.5, 0.6) is 0 Å². The summed E-state index contributed by atoms with van der Waals surface area (Å²) >= 11 is 0. The van der Waals surface area contributed by atoms with Crippen LogP contribution in [0.2, 0.25) is 0 Å². The van der Waals surface area contributed by atoms with Crippen molar-refractivity contribution in [3.05, 3.63) is 18.2 Å². The fourth-order valence-electron chi connectivity index (χ4n) is 1.91. The molecule has 26 heavy (non-hydrogen) atoms. The van der Waals surface area contributed by atoms with Crippen molar-refractivity contribution in [2.75, 3.05) is 0 Å². The van der Waals surface area contributed by atoms with Crippen LogP contribution in [0.25, 0.3) is 0 Å². The van der Waals surface area contributed by atoms with E-state index in [2.05, 4.69) is 25.9 Å². The Balaban J connectivity index is 2.80. The first-order valence-electron chi connectivity index (χ1n) is 7.98. The molecule has 1 aromatic rings. The summed E-state index contributed by atoms with van der Waals surface area (Å²) in [6.45, 7) is 4.23. The zero-order valence-corrected chi connectivity index (χ0v) is 14.8. The number of H-pyrrole nitrogens is 1. The lowest BCUT2D eigenvalue weighted by Gasteiger charge is -2.22. The predicted octanol–water partition coefficient (Wildman–Crippen LogP) is -2.12. The fraction of sp³-hybridized carbons (Fsp3) is 0.533. The first-order valence-corrected chi connectivity index (χ1v) is 7.98. The number of aromatic amines is 1. The smallest absolute Gasteiger partial charge is 0.325 e. The molecular weight excluding hydrogens is 344 g/mol. The Morgan fingerprint density at radius 3 is 2.19 bits per heavy atom. The number of aliphatic carboxylic acids is 1. The van der Waals surface area contributed by atoms with Crippen molar-refractivity contribution >= 4 is 23.7 Å². The molecule has 0 saturated carbocycles. The third-order valence-corrected chi connectivity index (χ3v) is 3.51. The SMILES string of the molecule is CC(N)C(=O)NC(C)C(=O)NC(Cc1cnc[nH]1)C(=O)NC(C)C(=O)O.